The molecule has 0 spiro atoms. The summed E-state index contributed by atoms with van der Waals surface area (Å²) in [6.07, 6.45) is 6.15. The molecule has 3 unspecified atom stereocenters. The zero-order valence-electron chi connectivity index (χ0n) is 17.4. The number of benzene rings is 1. The van der Waals surface area contributed by atoms with E-state index in [1.807, 2.05) is 50.3 Å². The fourth-order valence-electron chi connectivity index (χ4n) is 4.26. The summed E-state index contributed by atoms with van der Waals surface area (Å²) in [6.45, 7) is 4.40. The van der Waals surface area contributed by atoms with Gasteiger partial charge in [-0.2, -0.15) is 0 Å². The van der Waals surface area contributed by atoms with Crippen molar-refractivity contribution in [1.82, 2.24) is 10.2 Å². The SMILES string of the molecule is COc1ccccc1CCNC(=O)C(CC(C)C)N1C(=O)C2CC=CCC2C1=O. The van der Waals surface area contributed by atoms with Crippen LogP contribution in [0.15, 0.2) is 36.4 Å². The van der Waals surface area contributed by atoms with Crippen molar-refractivity contribution in [3.8, 4) is 5.75 Å². The second-order valence-corrected chi connectivity index (χ2v) is 8.20. The van der Waals surface area contributed by atoms with Crippen LogP contribution in [0.5, 0.6) is 5.75 Å². The topological polar surface area (TPSA) is 75.7 Å². The molecule has 1 saturated heterocycles. The van der Waals surface area contributed by atoms with E-state index in [4.69, 9.17) is 4.74 Å². The van der Waals surface area contributed by atoms with Crippen molar-refractivity contribution in [3.05, 3.63) is 42.0 Å². The Hall–Kier alpha value is -2.63. The highest BCUT2D eigenvalue weighted by molar-refractivity contribution is 6.08. The standard InChI is InChI=1S/C23H30N2O4/c1-15(2)14-19(25-22(27)17-9-5-6-10-18(17)23(25)28)21(26)24-13-12-16-8-4-7-11-20(16)29-3/h4-8,11,15,17-19H,9-10,12-14H2,1-3H3,(H,24,26). The largest absolute Gasteiger partial charge is 0.496 e. The van der Waals surface area contributed by atoms with Gasteiger partial charge in [-0.15, -0.1) is 0 Å². The number of allylic oxidation sites excluding steroid dienone is 2. The van der Waals surface area contributed by atoms with Crippen LogP contribution in [0.25, 0.3) is 0 Å². The lowest BCUT2D eigenvalue weighted by molar-refractivity contribution is -0.148. The van der Waals surface area contributed by atoms with Crippen LogP contribution in [0.3, 0.4) is 0 Å². The average Bonchev–Trinajstić information content (AvgIpc) is 2.97. The van der Waals surface area contributed by atoms with E-state index >= 15 is 0 Å². The van der Waals surface area contributed by atoms with Crippen molar-refractivity contribution >= 4 is 17.7 Å². The van der Waals surface area contributed by atoms with E-state index < -0.39 is 6.04 Å². The van der Waals surface area contributed by atoms with Crippen LogP contribution in [0.1, 0.15) is 38.7 Å². The minimum Gasteiger partial charge on any atom is -0.496 e. The predicted octanol–water partition coefficient (Wildman–Crippen LogP) is 2.72. The van der Waals surface area contributed by atoms with Gasteiger partial charge in [0.1, 0.15) is 11.8 Å². The first-order valence-corrected chi connectivity index (χ1v) is 10.4. The van der Waals surface area contributed by atoms with E-state index in [1.54, 1.807) is 7.11 Å². The average molecular weight is 399 g/mol. The number of imide groups is 1. The summed E-state index contributed by atoms with van der Waals surface area (Å²) in [4.78, 5) is 40.1. The van der Waals surface area contributed by atoms with Crippen molar-refractivity contribution in [2.75, 3.05) is 13.7 Å². The lowest BCUT2D eigenvalue weighted by Gasteiger charge is -2.27. The Morgan fingerprint density at radius 1 is 1.14 bits per heavy atom. The minimum atomic E-state index is -0.752. The summed E-state index contributed by atoms with van der Waals surface area (Å²) in [5, 5.41) is 2.93. The van der Waals surface area contributed by atoms with Gasteiger partial charge in [0.25, 0.3) is 0 Å². The van der Waals surface area contributed by atoms with Gasteiger partial charge < -0.3 is 10.1 Å². The number of fused-ring (bicyclic) bond motifs is 1. The number of methoxy groups -OCH3 is 1. The highest BCUT2D eigenvalue weighted by atomic mass is 16.5. The number of ether oxygens (including phenoxy) is 1. The molecule has 3 amide bonds. The quantitative estimate of drug-likeness (QED) is 0.540. The first-order chi connectivity index (χ1) is 13.9. The molecular formula is C23H30N2O4. The normalized spacial score (nSPS) is 22.0. The number of likely N-dealkylation sites (tertiary alicyclic amines) is 1. The monoisotopic (exact) mass is 398 g/mol. The van der Waals surface area contributed by atoms with Crippen molar-refractivity contribution in [1.29, 1.82) is 0 Å². The summed E-state index contributed by atoms with van der Waals surface area (Å²) in [6, 6.07) is 6.92. The van der Waals surface area contributed by atoms with E-state index in [0.29, 0.717) is 32.2 Å². The summed E-state index contributed by atoms with van der Waals surface area (Å²) in [7, 11) is 1.62. The molecule has 1 aromatic rings. The number of hydrogen-bond donors (Lipinski definition) is 1. The number of amides is 3. The molecule has 1 aliphatic heterocycles. The van der Waals surface area contributed by atoms with Crippen LogP contribution < -0.4 is 10.1 Å². The molecule has 2 aliphatic rings. The summed E-state index contributed by atoms with van der Waals surface area (Å²) >= 11 is 0. The molecule has 6 nitrogen and oxygen atoms in total. The fraction of sp³-hybridized carbons (Fsp3) is 0.522. The highest BCUT2D eigenvalue weighted by Gasteiger charge is 2.51. The van der Waals surface area contributed by atoms with Crippen LogP contribution in [0.4, 0.5) is 0 Å². The van der Waals surface area contributed by atoms with E-state index in [9.17, 15) is 14.4 Å². The Labute approximate surface area is 172 Å². The summed E-state index contributed by atoms with van der Waals surface area (Å²) in [5.41, 5.74) is 1.00. The van der Waals surface area contributed by atoms with Crippen molar-refractivity contribution in [3.63, 3.8) is 0 Å². The lowest BCUT2D eigenvalue weighted by atomic mass is 9.85. The molecule has 3 atom stereocenters. The first-order valence-electron chi connectivity index (χ1n) is 10.4. The fourth-order valence-corrected chi connectivity index (χ4v) is 4.26. The van der Waals surface area contributed by atoms with Gasteiger partial charge in [-0.05, 0) is 43.2 Å². The van der Waals surface area contributed by atoms with E-state index in [1.165, 1.54) is 4.90 Å². The predicted molar refractivity (Wildman–Crippen MR) is 110 cm³/mol. The van der Waals surface area contributed by atoms with Crippen LogP contribution in [0, 0.1) is 17.8 Å². The van der Waals surface area contributed by atoms with E-state index in [2.05, 4.69) is 5.32 Å². The lowest BCUT2D eigenvalue weighted by Crippen LogP contribution is -2.51. The molecule has 6 heteroatoms. The maximum absolute atomic E-state index is 13.0. The Morgan fingerprint density at radius 3 is 2.34 bits per heavy atom. The first kappa shape index (κ1) is 21.1. The highest BCUT2D eigenvalue weighted by Crippen LogP contribution is 2.37. The third kappa shape index (κ3) is 4.52. The molecule has 0 radical (unpaired) electrons. The zero-order valence-corrected chi connectivity index (χ0v) is 17.4. The number of hydrogen-bond acceptors (Lipinski definition) is 4. The number of para-hydroxylation sites is 1. The van der Waals surface area contributed by atoms with Gasteiger partial charge in [-0.25, -0.2) is 0 Å². The van der Waals surface area contributed by atoms with Gasteiger partial charge in [-0.1, -0.05) is 44.2 Å². The Morgan fingerprint density at radius 2 is 1.76 bits per heavy atom. The third-order valence-electron chi connectivity index (χ3n) is 5.74. The molecule has 156 valence electrons. The second-order valence-electron chi connectivity index (χ2n) is 8.20. The molecule has 0 saturated carbocycles. The number of nitrogens with one attached hydrogen (secondary N) is 1. The van der Waals surface area contributed by atoms with Gasteiger partial charge in [-0.3, -0.25) is 19.3 Å². The number of carbonyl (C=O) groups is 3. The van der Waals surface area contributed by atoms with Crippen molar-refractivity contribution < 1.29 is 19.1 Å². The van der Waals surface area contributed by atoms with Crippen LogP contribution in [-0.4, -0.2) is 42.3 Å². The molecular weight excluding hydrogens is 368 g/mol. The van der Waals surface area contributed by atoms with Gasteiger partial charge in [0.15, 0.2) is 0 Å². The van der Waals surface area contributed by atoms with Crippen LogP contribution >= 0.6 is 0 Å². The molecule has 0 aromatic heterocycles. The number of nitrogens with zero attached hydrogens (tertiary/aromatic N) is 1. The molecule has 1 aromatic carbocycles. The molecule has 1 fully saturated rings. The Balaban J connectivity index is 1.69. The van der Waals surface area contributed by atoms with E-state index in [-0.39, 0.29) is 35.5 Å². The van der Waals surface area contributed by atoms with Gasteiger partial charge in [0, 0.05) is 6.54 Å². The molecule has 29 heavy (non-hydrogen) atoms. The zero-order chi connectivity index (χ0) is 21.0. The van der Waals surface area contributed by atoms with Crippen molar-refractivity contribution in [2.45, 2.75) is 45.6 Å². The number of carbonyl (C=O) groups excluding carboxylic acids is 3. The Bertz CT molecular complexity index is 776. The molecule has 3 rings (SSSR count). The third-order valence-corrected chi connectivity index (χ3v) is 5.74. The Kier molecular flexibility index (Phi) is 6.72. The molecule has 1 heterocycles. The van der Waals surface area contributed by atoms with Crippen LogP contribution in [0.2, 0.25) is 0 Å². The molecule has 0 bridgehead atoms. The van der Waals surface area contributed by atoms with Gasteiger partial charge >= 0.3 is 0 Å². The molecule has 1 N–H and O–H groups in total. The van der Waals surface area contributed by atoms with Crippen LogP contribution in [-0.2, 0) is 20.8 Å². The number of rotatable bonds is 8. The van der Waals surface area contributed by atoms with E-state index in [0.717, 1.165) is 11.3 Å². The van der Waals surface area contributed by atoms with Crippen molar-refractivity contribution in [2.24, 2.45) is 17.8 Å². The summed E-state index contributed by atoms with van der Waals surface area (Å²) < 4.78 is 5.35. The second kappa shape index (κ2) is 9.25. The molecule has 1 aliphatic carbocycles. The smallest absolute Gasteiger partial charge is 0.243 e. The maximum Gasteiger partial charge on any atom is 0.243 e. The minimum absolute atomic E-state index is 0.182. The van der Waals surface area contributed by atoms with Gasteiger partial charge in [0.2, 0.25) is 17.7 Å². The van der Waals surface area contributed by atoms with Gasteiger partial charge in [0.05, 0.1) is 18.9 Å². The maximum atomic E-state index is 13.0. The summed E-state index contributed by atoms with van der Waals surface area (Å²) in [5.74, 6) is -0.331.